The summed E-state index contributed by atoms with van der Waals surface area (Å²) in [5.74, 6) is -2.75. The zero-order chi connectivity index (χ0) is 24.6. The van der Waals surface area contributed by atoms with Gasteiger partial charge in [0.05, 0.1) is 6.10 Å². The van der Waals surface area contributed by atoms with Crippen molar-refractivity contribution in [1.82, 2.24) is 0 Å². The summed E-state index contributed by atoms with van der Waals surface area (Å²) in [6, 6.07) is 0. The lowest BCUT2D eigenvalue weighted by molar-refractivity contribution is -0.228. The van der Waals surface area contributed by atoms with Crippen molar-refractivity contribution >= 4 is 40.1 Å². The van der Waals surface area contributed by atoms with Crippen molar-refractivity contribution in [2.24, 2.45) is 28.6 Å². The second-order valence-corrected chi connectivity index (χ2v) is 11.8. The first-order chi connectivity index (χ1) is 15.3. The first kappa shape index (κ1) is 25.0. The molecule has 0 radical (unpaired) electrons. The van der Waals surface area contributed by atoms with Crippen LogP contribution in [0.2, 0.25) is 0 Å². The number of aliphatic hydroxyl groups is 2. The summed E-state index contributed by atoms with van der Waals surface area (Å²) in [4.78, 5) is 38.0. The molecule has 0 amide bonds. The van der Waals surface area contributed by atoms with Crippen molar-refractivity contribution in [2.75, 3.05) is 0 Å². The molecule has 0 bridgehead atoms. The van der Waals surface area contributed by atoms with Gasteiger partial charge in [-0.3, -0.25) is 14.4 Å². The fourth-order valence-corrected chi connectivity index (χ4v) is 8.21. The second-order valence-electron chi connectivity index (χ2n) is 10.7. The summed E-state index contributed by atoms with van der Waals surface area (Å²) in [5, 5.41) is 21.7. The van der Waals surface area contributed by atoms with Crippen molar-refractivity contribution in [1.29, 1.82) is 0 Å². The van der Waals surface area contributed by atoms with Crippen LogP contribution in [0.1, 0.15) is 59.8 Å². The Morgan fingerprint density at radius 1 is 1.33 bits per heavy atom. The zero-order valence-corrected chi connectivity index (χ0v) is 21.6. The van der Waals surface area contributed by atoms with Gasteiger partial charge in [0, 0.05) is 29.1 Å². The van der Waals surface area contributed by atoms with Gasteiger partial charge < -0.3 is 14.9 Å². The molecule has 2 N–H and O–H groups in total. The highest BCUT2D eigenvalue weighted by atomic mass is 127. The van der Waals surface area contributed by atoms with E-state index in [1.165, 1.54) is 12.2 Å². The molecule has 0 saturated heterocycles. The highest BCUT2D eigenvalue weighted by molar-refractivity contribution is 14.1. The smallest absolute Gasteiger partial charge is 0.306 e. The molecule has 33 heavy (non-hydrogen) atoms. The Morgan fingerprint density at radius 2 is 2.00 bits per heavy atom. The Hall–Kier alpha value is -1.13. The zero-order valence-electron chi connectivity index (χ0n) is 19.4. The van der Waals surface area contributed by atoms with Crippen molar-refractivity contribution in [3.8, 4) is 0 Å². The Bertz CT molecular complexity index is 961. The van der Waals surface area contributed by atoms with Crippen LogP contribution >= 0.6 is 22.6 Å². The molecule has 4 aliphatic carbocycles. The SMILES string of the molecule is CCC(=O)O[C@]1(C(=O)C(O)I)[C@H](C)C[C@H]2[C@@H]3CCC4=CC(=O)C=C[C@]4(C)[C@@]3(F)[C@@H](O)C[C@@]21C. The van der Waals surface area contributed by atoms with E-state index in [9.17, 15) is 24.6 Å². The highest BCUT2D eigenvalue weighted by Gasteiger charge is 2.77. The molecule has 0 spiro atoms. The second kappa shape index (κ2) is 7.95. The van der Waals surface area contributed by atoms with Gasteiger partial charge in [0.2, 0.25) is 5.78 Å². The molecule has 8 heteroatoms. The molecule has 3 saturated carbocycles. The van der Waals surface area contributed by atoms with Gasteiger partial charge in [0.1, 0.15) is 0 Å². The maximum atomic E-state index is 17.2. The van der Waals surface area contributed by atoms with Gasteiger partial charge in [-0.25, -0.2) is 4.39 Å². The molecule has 0 aromatic heterocycles. The van der Waals surface area contributed by atoms with Crippen LogP contribution in [0.25, 0.3) is 0 Å². The molecule has 182 valence electrons. The third kappa shape index (κ3) is 3.05. The van der Waals surface area contributed by atoms with Gasteiger partial charge in [0.15, 0.2) is 21.2 Å². The van der Waals surface area contributed by atoms with Crippen molar-refractivity contribution in [2.45, 2.75) is 81.3 Å². The van der Waals surface area contributed by atoms with Gasteiger partial charge in [-0.1, -0.05) is 32.4 Å². The van der Waals surface area contributed by atoms with Crippen LogP contribution < -0.4 is 0 Å². The number of rotatable bonds is 4. The fourth-order valence-electron chi connectivity index (χ4n) is 7.75. The molecule has 1 unspecified atom stereocenters. The van der Waals surface area contributed by atoms with E-state index in [4.69, 9.17) is 4.74 Å². The Balaban J connectivity index is 1.86. The number of hydrogen-bond donors (Lipinski definition) is 2. The number of carbonyl (C=O) groups excluding carboxylic acids is 3. The fraction of sp³-hybridized carbons (Fsp3) is 0.720. The first-order valence-electron chi connectivity index (χ1n) is 11.7. The predicted octanol–water partition coefficient (Wildman–Crippen LogP) is 3.62. The van der Waals surface area contributed by atoms with Gasteiger partial charge >= 0.3 is 5.97 Å². The normalized spacial score (nSPS) is 47.2. The average molecular weight is 574 g/mol. The molecule has 9 atom stereocenters. The maximum absolute atomic E-state index is 17.2. The van der Waals surface area contributed by atoms with Crippen LogP contribution in [0.15, 0.2) is 23.8 Å². The molecule has 0 aromatic carbocycles. The van der Waals surface area contributed by atoms with Crippen LogP contribution in [-0.4, -0.2) is 49.2 Å². The minimum absolute atomic E-state index is 0.0594. The van der Waals surface area contributed by atoms with E-state index in [0.717, 1.165) is 0 Å². The summed E-state index contributed by atoms with van der Waals surface area (Å²) >= 11 is 1.61. The maximum Gasteiger partial charge on any atom is 0.306 e. The number of alkyl halides is 2. The average Bonchev–Trinajstić information content (AvgIpc) is 2.96. The van der Waals surface area contributed by atoms with Crippen LogP contribution in [0.5, 0.6) is 0 Å². The van der Waals surface area contributed by atoms with Crippen molar-refractivity contribution in [3.63, 3.8) is 0 Å². The molecule has 0 aliphatic heterocycles. The van der Waals surface area contributed by atoms with Crippen LogP contribution in [0.3, 0.4) is 0 Å². The molecule has 4 rings (SSSR count). The number of esters is 1. The summed E-state index contributed by atoms with van der Waals surface area (Å²) < 4.78 is 21.7. The minimum atomic E-state index is -2.03. The summed E-state index contributed by atoms with van der Waals surface area (Å²) in [7, 11) is 0. The van der Waals surface area contributed by atoms with Gasteiger partial charge in [0.25, 0.3) is 0 Å². The number of hydrogen-bond acceptors (Lipinski definition) is 6. The number of carbonyl (C=O) groups is 3. The molecule has 4 aliphatic rings. The predicted molar refractivity (Wildman–Crippen MR) is 127 cm³/mol. The number of halogens is 2. The van der Waals surface area contributed by atoms with E-state index in [-0.39, 0.29) is 24.5 Å². The van der Waals surface area contributed by atoms with Crippen LogP contribution in [-0.2, 0) is 19.1 Å². The molecular weight excluding hydrogens is 542 g/mol. The lowest BCUT2D eigenvalue weighted by Crippen LogP contribution is -2.70. The van der Waals surface area contributed by atoms with Crippen molar-refractivity contribution < 1.29 is 33.7 Å². The van der Waals surface area contributed by atoms with E-state index >= 15 is 4.39 Å². The van der Waals surface area contributed by atoms with E-state index < -0.39 is 55.9 Å². The van der Waals surface area contributed by atoms with Gasteiger partial charge in [-0.2, -0.15) is 0 Å². The summed E-state index contributed by atoms with van der Waals surface area (Å²) in [6.45, 7) is 6.99. The lowest BCUT2D eigenvalue weighted by Gasteiger charge is -2.62. The van der Waals surface area contributed by atoms with Crippen LogP contribution in [0, 0.1) is 28.6 Å². The van der Waals surface area contributed by atoms with E-state index in [0.29, 0.717) is 24.8 Å². The van der Waals surface area contributed by atoms with Gasteiger partial charge in [-0.05, 0) is 73.3 Å². The molecule has 6 nitrogen and oxygen atoms in total. The van der Waals surface area contributed by atoms with Crippen LogP contribution in [0.4, 0.5) is 4.39 Å². The Labute approximate surface area is 207 Å². The Morgan fingerprint density at radius 3 is 2.61 bits per heavy atom. The monoisotopic (exact) mass is 574 g/mol. The minimum Gasteiger partial charge on any atom is -0.450 e. The molecule has 0 aromatic rings. The van der Waals surface area contributed by atoms with E-state index in [1.807, 2.05) is 6.92 Å². The number of ether oxygens (including phenoxy) is 1. The quantitative estimate of drug-likeness (QED) is 0.303. The number of allylic oxidation sites excluding steroid dienone is 4. The number of ketones is 2. The topological polar surface area (TPSA) is 101 Å². The van der Waals surface area contributed by atoms with Gasteiger partial charge in [-0.15, -0.1) is 0 Å². The largest absolute Gasteiger partial charge is 0.450 e. The third-order valence-corrected chi connectivity index (χ3v) is 9.89. The van der Waals surface area contributed by atoms with E-state index in [1.54, 1.807) is 49.4 Å². The number of aliphatic hydroxyl groups excluding tert-OH is 2. The Kier molecular flexibility index (Phi) is 6.02. The molecule has 0 heterocycles. The van der Waals surface area contributed by atoms with E-state index in [2.05, 4.69) is 0 Å². The number of Topliss-reactive ketones (excluding diaryl/α,β-unsaturated/α-hetero) is 1. The number of fused-ring (bicyclic) bond motifs is 5. The lowest BCUT2D eigenvalue weighted by atomic mass is 9.44. The first-order valence-corrected chi connectivity index (χ1v) is 12.9. The third-order valence-electron chi connectivity index (χ3n) is 9.33. The summed E-state index contributed by atoms with van der Waals surface area (Å²) in [5.41, 5.74) is -5.18. The summed E-state index contributed by atoms with van der Waals surface area (Å²) in [6.07, 6.45) is 4.33. The highest BCUT2D eigenvalue weighted by Crippen LogP contribution is 2.71. The standard InChI is InChI=1S/C25H32FIO6/c1-5-19(30)33-25(20(31)21(27)32)13(2)10-17-16-7-6-14-11-15(28)8-9-22(14,3)24(16,26)18(29)12-23(17,25)4/h8-9,11,13,16-18,21,29,32H,5-7,10,12H2,1-4H3/t13-,16+,17+,18+,21?,22+,23+,24+,25+/m1/s1. The molecular formula is C25H32FIO6. The molecule has 3 fully saturated rings. The van der Waals surface area contributed by atoms with Crippen molar-refractivity contribution in [3.05, 3.63) is 23.8 Å².